The number of carbonyl (C=O) groups is 1. The lowest BCUT2D eigenvalue weighted by molar-refractivity contribution is 0.0695. The van der Waals surface area contributed by atoms with Gasteiger partial charge < -0.3 is 5.11 Å². The van der Waals surface area contributed by atoms with Crippen molar-refractivity contribution in [2.45, 2.75) is 20.3 Å². The van der Waals surface area contributed by atoms with Crippen LogP contribution in [0.3, 0.4) is 0 Å². The van der Waals surface area contributed by atoms with Crippen molar-refractivity contribution in [3.8, 4) is 0 Å². The Morgan fingerprint density at radius 3 is 2.77 bits per heavy atom. The van der Waals surface area contributed by atoms with Crippen LogP contribution in [0.15, 0.2) is 10.7 Å². The zero-order chi connectivity index (χ0) is 10.0. The van der Waals surface area contributed by atoms with Gasteiger partial charge in [0.15, 0.2) is 0 Å². The number of rotatable bonds is 2. The van der Waals surface area contributed by atoms with Gasteiger partial charge in [-0.05, 0) is 34.8 Å². The lowest BCUT2D eigenvalue weighted by Gasteiger charge is -2.07. The van der Waals surface area contributed by atoms with E-state index in [9.17, 15) is 4.79 Å². The highest BCUT2D eigenvalue weighted by atomic mass is 79.9. The molecule has 0 saturated carbocycles. The highest BCUT2D eigenvalue weighted by Gasteiger charge is 2.14. The molecule has 3 nitrogen and oxygen atoms in total. The van der Waals surface area contributed by atoms with Crippen molar-refractivity contribution in [2.75, 3.05) is 0 Å². The molecule has 0 saturated heterocycles. The number of aromatic nitrogens is 1. The van der Waals surface area contributed by atoms with Crippen LogP contribution < -0.4 is 0 Å². The maximum absolute atomic E-state index is 10.9. The standard InChI is InChI=1S/C9H10BrNO2/c1-3-7-5(2)8(9(12)13)6(10)4-11-7/h4H,3H2,1-2H3,(H,12,13). The Labute approximate surface area is 84.9 Å². The van der Waals surface area contributed by atoms with Crippen molar-refractivity contribution in [3.05, 3.63) is 27.5 Å². The second kappa shape index (κ2) is 3.87. The maximum Gasteiger partial charge on any atom is 0.337 e. The van der Waals surface area contributed by atoms with E-state index in [0.717, 1.165) is 17.7 Å². The molecule has 1 aromatic rings. The van der Waals surface area contributed by atoms with Crippen molar-refractivity contribution in [3.63, 3.8) is 0 Å². The van der Waals surface area contributed by atoms with Gasteiger partial charge in [0.25, 0.3) is 0 Å². The lowest BCUT2D eigenvalue weighted by atomic mass is 10.1. The van der Waals surface area contributed by atoms with Crippen molar-refractivity contribution >= 4 is 21.9 Å². The van der Waals surface area contributed by atoms with Crippen LogP contribution in [0.2, 0.25) is 0 Å². The Bertz CT molecular complexity index is 350. The summed E-state index contributed by atoms with van der Waals surface area (Å²) in [5, 5.41) is 8.91. The average Bonchev–Trinajstić information content (AvgIpc) is 2.04. The fourth-order valence-electron chi connectivity index (χ4n) is 1.24. The van der Waals surface area contributed by atoms with Crippen LogP contribution in [0.1, 0.15) is 28.5 Å². The number of carboxylic acids is 1. The molecule has 0 amide bonds. The molecule has 0 unspecified atom stereocenters. The molecule has 0 atom stereocenters. The summed E-state index contributed by atoms with van der Waals surface area (Å²) in [6.45, 7) is 3.73. The van der Waals surface area contributed by atoms with Gasteiger partial charge in [-0.15, -0.1) is 0 Å². The fourth-order valence-corrected chi connectivity index (χ4v) is 1.81. The number of aryl methyl sites for hydroxylation is 1. The molecule has 1 aromatic heterocycles. The SMILES string of the molecule is CCc1ncc(Br)c(C(=O)O)c1C. The summed E-state index contributed by atoms with van der Waals surface area (Å²) >= 11 is 3.17. The molecule has 1 heterocycles. The first-order valence-corrected chi connectivity index (χ1v) is 4.74. The summed E-state index contributed by atoms with van der Waals surface area (Å²) in [7, 11) is 0. The Kier molecular flexibility index (Phi) is 3.03. The van der Waals surface area contributed by atoms with E-state index in [-0.39, 0.29) is 0 Å². The van der Waals surface area contributed by atoms with Crippen molar-refractivity contribution in [1.82, 2.24) is 4.98 Å². The van der Waals surface area contributed by atoms with E-state index in [2.05, 4.69) is 20.9 Å². The van der Waals surface area contributed by atoms with Gasteiger partial charge in [0, 0.05) is 11.9 Å². The van der Waals surface area contributed by atoms with E-state index in [1.54, 1.807) is 6.92 Å². The van der Waals surface area contributed by atoms with Crippen LogP contribution in [0.25, 0.3) is 0 Å². The molecule has 0 fully saturated rings. The first-order chi connectivity index (χ1) is 6.07. The predicted octanol–water partition coefficient (Wildman–Crippen LogP) is 2.41. The first-order valence-electron chi connectivity index (χ1n) is 3.95. The minimum absolute atomic E-state index is 0.312. The van der Waals surface area contributed by atoms with E-state index in [0.29, 0.717) is 10.0 Å². The van der Waals surface area contributed by atoms with Gasteiger partial charge in [0.1, 0.15) is 0 Å². The van der Waals surface area contributed by atoms with Gasteiger partial charge >= 0.3 is 5.97 Å². The van der Waals surface area contributed by atoms with Gasteiger partial charge in [0.2, 0.25) is 0 Å². The van der Waals surface area contributed by atoms with Crippen molar-refractivity contribution < 1.29 is 9.90 Å². The molecule has 1 N–H and O–H groups in total. The molecule has 0 aliphatic carbocycles. The lowest BCUT2D eigenvalue weighted by Crippen LogP contribution is -2.05. The smallest absolute Gasteiger partial charge is 0.337 e. The number of pyridine rings is 1. The van der Waals surface area contributed by atoms with Crippen LogP contribution in [-0.2, 0) is 6.42 Å². The molecule has 1 rings (SSSR count). The topological polar surface area (TPSA) is 50.2 Å². The van der Waals surface area contributed by atoms with Crippen LogP contribution in [0.5, 0.6) is 0 Å². The molecule has 0 aliphatic rings. The number of hydrogen-bond donors (Lipinski definition) is 1. The van der Waals surface area contributed by atoms with E-state index < -0.39 is 5.97 Å². The number of halogens is 1. The Morgan fingerprint density at radius 1 is 1.69 bits per heavy atom. The third-order valence-electron chi connectivity index (χ3n) is 1.93. The van der Waals surface area contributed by atoms with E-state index in [4.69, 9.17) is 5.11 Å². The zero-order valence-corrected chi connectivity index (χ0v) is 9.05. The molecule has 0 bridgehead atoms. The molecule has 0 radical (unpaired) electrons. The largest absolute Gasteiger partial charge is 0.478 e. The summed E-state index contributed by atoms with van der Waals surface area (Å²) in [6.07, 6.45) is 2.29. The zero-order valence-electron chi connectivity index (χ0n) is 7.47. The maximum atomic E-state index is 10.9. The van der Waals surface area contributed by atoms with Gasteiger partial charge in [-0.1, -0.05) is 6.92 Å². The third-order valence-corrected chi connectivity index (χ3v) is 2.53. The summed E-state index contributed by atoms with van der Waals surface area (Å²) in [5.41, 5.74) is 1.89. The van der Waals surface area contributed by atoms with Gasteiger partial charge in [0.05, 0.1) is 10.0 Å². The second-order valence-corrected chi connectivity index (χ2v) is 3.57. The minimum Gasteiger partial charge on any atom is -0.478 e. The van der Waals surface area contributed by atoms with Gasteiger partial charge in [-0.2, -0.15) is 0 Å². The molecule has 70 valence electrons. The molecular weight excluding hydrogens is 234 g/mol. The minimum atomic E-state index is -0.915. The highest BCUT2D eigenvalue weighted by molar-refractivity contribution is 9.10. The van der Waals surface area contributed by atoms with Crippen LogP contribution in [0.4, 0.5) is 0 Å². The summed E-state index contributed by atoms with van der Waals surface area (Å²) < 4.78 is 0.537. The third kappa shape index (κ3) is 1.88. The van der Waals surface area contributed by atoms with Gasteiger partial charge in [-0.3, -0.25) is 4.98 Å². The van der Waals surface area contributed by atoms with Gasteiger partial charge in [-0.25, -0.2) is 4.79 Å². The normalized spacial score (nSPS) is 10.1. The number of hydrogen-bond acceptors (Lipinski definition) is 2. The summed E-state index contributed by atoms with van der Waals surface area (Å²) in [4.78, 5) is 15.0. The first kappa shape index (κ1) is 10.2. The Morgan fingerprint density at radius 2 is 2.31 bits per heavy atom. The van der Waals surface area contributed by atoms with Crippen LogP contribution >= 0.6 is 15.9 Å². The number of aromatic carboxylic acids is 1. The van der Waals surface area contributed by atoms with Crippen LogP contribution in [-0.4, -0.2) is 16.1 Å². The number of carboxylic acid groups (broad SMARTS) is 1. The second-order valence-electron chi connectivity index (χ2n) is 2.71. The molecule has 13 heavy (non-hydrogen) atoms. The molecule has 4 heteroatoms. The predicted molar refractivity (Wildman–Crippen MR) is 53.0 cm³/mol. The monoisotopic (exact) mass is 243 g/mol. The average molecular weight is 244 g/mol. The van der Waals surface area contributed by atoms with E-state index >= 15 is 0 Å². The van der Waals surface area contributed by atoms with E-state index in [1.807, 2.05) is 6.92 Å². The summed E-state index contributed by atoms with van der Waals surface area (Å²) in [6, 6.07) is 0. The Balaban J connectivity index is 3.38. The van der Waals surface area contributed by atoms with Crippen LogP contribution in [0, 0.1) is 6.92 Å². The highest BCUT2D eigenvalue weighted by Crippen LogP contribution is 2.21. The van der Waals surface area contributed by atoms with Crippen molar-refractivity contribution in [2.24, 2.45) is 0 Å². The number of nitrogens with zero attached hydrogens (tertiary/aromatic N) is 1. The van der Waals surface area contributed by atoms with E-state index in [1.165, 1.54) is 6.20 Å². The Hall–Kier alpha value is -0.900. The molecule has 0 spiro atoms. The molecular formula is C9H10BrNO2. The fraction of sp³-hybridized carbons (Fsp3) is 0.333. The quantitative estimate of drug-likeness (QED) is 0.868. The molecule has 0 aliphatic heterocycles. The summed E-state index contributed by atoms with van der Waals surface area (Å²) in [5.74, 6) is -0.915. The van der Waals surface area contributed by atoms with Crippen molar-refractivity contribution in [1.29, 1.82) is 0 Å². The molecule has 0 aromatic carbocycles.